The molecule has 1 aromatic heterocycles. The van der Waals surface area contributed by atoms with Crippen LogP contribution in [-0.4, -0.2) is 10.8 Å². The van der Waals surface area contributed by atoms with Crippen molar-refractivity contribution in [1.29, 1.82) is 0 Å². The predicted molar refractivity (Wildman–Crippen MR) is 71.9 cm³/mol. The molecular formula is C14H15NO2S. The van der Waals surface area contributed by atoms with Gasteiger partial charge in [0.15, 0.2) is 0 Å². The van der Waals surface area contributed by atoms with Crippen molar-refractivity contribution in [2.45, 2.75) is 26.4 Å². The number of thiazole rings is 1. The maximum absolute atomic E-state index is 10.9. The fraction of sp³-hybridized carbons (Fsp3) is 0.286. The Labute approximate surface area is 110 Å². The molecule has 2 aromatic rings. The molecule has 2 rings (SSSR count). The number of ether oxygens (including phenoxy) is 1. The molecule has 1 heterocycles. The van der Waals surface area contributed by atoms with Crippen molar-refractivity contribution in [2.24, 2.45) is 0 Å². The minimum atomic E-state index is 0.221. The van der Waals surface area contributed by atoms with Gasteiger partial charge in [0.1, 0.15) is 18.1 Å². The van der Waals surface area contributed by atoms with E-state index in [9.17, 15) is 4.79 Å². The molecule has 4 heteroatoms. The van der Waals surface area contributed by atoms with Crippen molar-refractivity contribution >= 4 is 17.1 Å². The zero-order valence-electron chi connectivity index (χ0n) is 10.3. The molecule has 18 heavy (non-hydrogen) atoms. The van der Waals surface area contributed by atoms with Gasteiger partial charge in [0.05, 0.1) is 11.2 Å². The second kappa shape index (κ2) is 6.31. The fourth-order valence-corrected chi connectivity index (χ4v) is 2.08. The summed E-state index contributed by atoms with van der Waals surface area (Å²) in [6.07, 6.45) is 1.39. The number of hydrogen-bond donors (Lipinski definition) is 0. The van der Waals surface area contributed by atoms with Crippen molar-refractivity contribution in [3.63, 3.8) is 0 Å². The maximum atomic E-state index is 10.9. The summed E-state index contributed by atoms with van der Waals surface area (Å²) >= 11 is 1.56. The summed E-state index contributed by atoms with van der Waals surface area (Å²) in [4.78, 5) is 15.0. The third-order valence-electron chi connectivity index (χ3n) is 2.56. The molecule has 0 radical (unpaired) electrons. The summed E-state index contributed by atoms with van der Waals surface area (Å²) in [6.45, 7) is 2.11. The average Bonchev–Trinajstić information content (AvgIpc) is 2.88. The van der Waals surface area contributed by atoms with E-state index in [4.69, 9.17) is 4.74 Å². The molecule has 0 aliphatic rings. The second-order valence-electron chi connectivity index (χ2n) is 4.11. The van der Waals surface area contributed by atoms with E-state index in [1.807, 2.05) is 29.6 Å². The summed E-state index contributed by atoms with van der Waals surface area (Å²) in [6, 6.07) is 7.86. The highest BCUT2D eigenvalue weighted by molar-refractivity contribution is 7.07. The van der Waals surface area contributed by atoms with Gasteiger partial charge in [-0.25, -0.2) is 4.98 Å². The lowest BCUT2D eigenvalue weighted by atomic mass is 10.1. The molecular weight excluding hydrogens is 246 g/mol. The Hall–Kier alpha value is -1.68. The predicted octanol–water partition coefficient (Wildman–Crippen LogP) is 3.24. The SMILES string of the molecule is CC(=O)CCc1ccc(OCc2cscn2)cc1. The monoisotopic (exact) mass is 261 g/mol. The number of ketones is 1. The molecule has 0 atom stereocenters. The summed E-state index contributed by atoms with van der Waals surface area (Å²) in [5, 5.41) is 1.97. The summed E-state index contributed by atoms with van der Waals surface area (Å²) < 4.78 is 5.61. The molecule has 0 unspecified atom stereocenters. The van der Waals surface area contributed by atoms with E-state index in [1.54, 1.807) is 23.8 Å². The van der Waals surface area contributed by atoms with Gasteiger partial charge in [0.2, 0.25) is 0 Å². The van der Waals surface area contributed by atoms with Crippen molar-refractivity contribution in [3.8, 4) is 5.75 Å². The first-order valence-electron chi connectivity index (χ1n) is 5.82. The third kappa shape index (κ3) is 3.96. The second-order valence-corrected chi connectivity index (χ2v) is 4.83. The van der Waals surface area contributed by atoms with Gasteiger partial charge >= 0.3 is 0 Å². The Kier molecular flexibility index (Phi) is 4.47. The van der Waals surface area contributed by atoms with Gasteiger partial charge in [-0.15, -0.1) is 11.3 Å². The van der Waals surface area contributed by atoms with E-state index in [1.165, 1.54) is 0 Å². The maximum Gasteiger partial charge on any atom is 0.131 e. The minimum Gasteiger partial charge on any atom is -0.487 e. The molecule has 0 aliphatic carbocycles. The smallest absolute Gasteiger partial charge is 0.131 e. The minimum absolute atomic E-state index is 0.221. The third-order valence-corrected chi connectivity index (χ3v) is 3.19. The van der Waals surface area contributed by atoms with Crippen LogP contribution in [0.4, 0.5) is 0 Å². The highest BCUT2D eigenvalue weighted by Crippen LogP contribution is 2.15. The number of aromatic nitrogens is 1. The van der Waals surface area contributed by atoms with Gasteiger partial charge in [-0.2, -0.15) is 0 Å². The Morgan fingerprint density at radius 2 is 2.11 bits per heavy atom. The molecule has 0 amide bonds. The molecule has 0 saturated heterocycles. The Balaban J connectivity index is 1.85. The van der Waals surface area contributed by atoms with E-state index in [2.05, 4.69) is 4.98 Å². The highest BCUT2D eigenvalue weighted by Gasteiger charge is 2.00. The highest BCUT2D eigenvalue weighted by atomic mass is 32.1. The van der Waals surface area contributed by atoms with Crippen molar-refractivity contribution in [1.82, 2.24) is 4.98 Å². The van der Waals surface area contributed by atoms with Gasteiger partial charge in [-0.3, -0.25) is 0 Å². The van der Waals surface area contributed by atoms with E-state index in [0.717, 1.165) is 23.4 Å². The number of benzene rings is 1. The normalized spacial score (nSPS) is 10.3. The van der Waals surface area contributed by atoms with Gasteiger partial charge in [-0.1, -0.05) is 12.1 Å². The first-order valence-corrected chi connectivity index (χ1v) is 6.76. The van der Waals surface area contributed by atoms with Gasteiger partial charge in [0.25, 0.3) is 0 Å². The van der Waals surface area contributed by atoms with Crippen LogP contribution < -0.4 is 4.74 Å². The molecule has 94 valence electrons. The molecule has 1 aromatic carbocycles. The largest absolute Gasteiger partial charge is 0.487 e. The lowest BCUT2D eigenvalue weighted by Crippen LogP contribution is -1.96. The average molecular weight is 261 g/mol. The molecule has 0 saturated carbocycles. The molecule has 0 aliphatic heterocycles. The summed E-state index contributed by atoms with van der Waals surface area (Å²) in [7, 11) is 0. The van der Waals surface area contributed by atoms with E-state index in [0.29, 0.717) is 13.0 Å². The molecule has 0 bridgehead atoms. The first-order chi connectivity index (χ1) is 8.74. The van der Waals surface area contributed by atoms with Crippen LogP contribution in [-0.2, 0) is 17.8 Å². The molecule has 3 nitrogen and oxygen atoms in total. The zero-order chi connectivity index (χ0) is 12.8. The van der Waals surface area contributed by atoms with Crippen LogP contribution in [0.5, 0.6) is 5.75 Å². The van der Waals surface area contributed by atoms with E-state index >= 15 is 0 Å². The summed E-state index contributed by atoms with van der Waals surface area (Å²) in [5.41, 5.74) is 3.90. The first kappa shape index (κ1) is 12.8. The Morgan fingerprint density at radius 3 is 2.72 bits per heavy atom. The van der Waals surface area contributed by atoms with Crippen LogP contribution in [0.1, 0.15) is 24.6 Å². The molecule has 0 N–H and O–H groups in total. The molecule has 0 fully saturated rings. The fourth-order valence-electron chi connectivity index (χ4n) is 1.54. The number of hydrogen-bond acceptors (Lipinski definition) is 4. The summed E-state index contributed by atoms with van der Waals surface area (Å²) in [5.74, 6) is 1.05. The van der Waals surface area contributed by atoms with Gasteiger partial charge < -0.3 is 9.53 Å². The number of carbonyl (C=O) groups is 1. The number of rotatable bonds is 6. The van der Waals surface area contributed by atoms with Crippen LogP contribution in [0.2, 0.25) is 0 Å². The van der Waals surface area contributed by atoms with Crippen LogP contribution in [0, 0.1) is 0 Å². The topological polar surface area (TPSA) is 39.2 Å². The number of aryl methyl sites for hydroxylation is 1. The van der Waals surface area contributed by atoms with E-state index < -0.39 is 0 Å². The Bertz CT molecular complexity index is 491. The quantitative estimate of drug-likeness (QED) is 0.801. The van der Waals surface area contributed by atoms with E-state index in [-0.39, 0.29) is 5.78 Å². The zero-order valence-corrected chi connectivity index (χ0v) is 11.1. The number of nitrogens with zero attached hydrogens (tertiary/aromatic N) is 1. The lowest BCUT2D eigenvalue weighted by molar-refractivity contribution is -0.116. The molecule has 0 spiro atoms. The van der Waals surface area contributed by atoms with Crippen LogP contribution in [0.25, 0.3) is 0 Å². The van der Waals surface area contributed by atoms with Crippen LogP contribution >= 0.6 is 11.3 Å². The van der Waals surface area contributed by atoms with Crippen molar-refractivity contribution < 1.29 is 9.53 Å². The number of carbonyl (C=O) groups excluding carboxylic acids is 1. The number of Topliss-reactive ketones (excluding diaryl/α,β-unsaturated/α-hetero) is 1. The standard InChI is InChI=1S/C14H15NO2S/c1-11(16)2-3-12-4-6-14(7-5-12)17-8-13-9-18-10-15-13/h4-7,9-10H,2-3,8H2,1H3. The Morgan fingerprint density at radius 1 is 1.33 bits per heavy atom. The van der Waals surface area contributed by atoms with Crippen LogP contribution in [0.15, 0.2) is 35.2 Å². The van der Waals surface area contributed by atoms with Crippen molar-refractivity contribution in [3.05, 3.63) is 46.4 Å². The van der Waals surface area contributed by atoms with Gasteiger partial charge in [0, 0.05) is 11.8 Å². The van der Waals surface area contributed by atoms with Crippen LogP contribution in [0.3, 0.4) is 0 Å². The van der Waals surface area contributed by atoms with Gasteiger partial charge in [-0.05, 0) is 31.0 Å². The lowest BCUT2D eigenvalue weighted by Gasteiger charge is -2.05. The van der Waals surface area contributed by atoms with Crippen molar-refractivity contribution in [2.75, 3.05) is 0 Å².